The minimum absolute atomic E-state index is 0.0933. The van der Waals surface area contributed by atoms with Crippen molar-refractivity contribution in [2.24, 2.45) is 0 Å². The first-order valence-corrected chi connectivity index (χ1v) is 7.65. The molecule has 0 unspecified atom stereocenters. The first-order chi connectivity index (χ1) is 10.7. The van der Waals surface area contributed by atoms with Crippen molar-refractivity contribution in [2.75, 3.05) is 13.2 Å². The number of carbonyl (C=O) groups is 1. The molecule has 0 saturated heterocycles. The summed E-state index contributed by atoms with van der Waals surface area (Å²) >= 11 is 1.57. The molecule has 0 bridgehead atoms. The second kappa shape index (κ2) is 6.57. The third-order valence-corrected chi connectivity index (χ3v) is 3.80. The van der Waals surface area contributed by atoms with E-state index in [-0.39, 0.29) is 18.3 Å². The molecule has 7 heteroatoms. The maximum Gasteiger partial charge on any atom is 0.257 e. The molecular formula is C15H14FN3O2S. The van der Waals surface area contributed by atoms with Crippen LogP contribution in [0.5, 0.6) is 5.75 Å². The van der Waals surface area contributed by atoms with Crippen LogP contribution in [0.3, 0.4) is 0 Å². The first kappa shape index (κ1) is 14.5. The van der Waals surface area contributed by atoms with E-state index < -0.39 is 0 Å². The van der Waals surface area contributed by atoms with Crippen LogP contribution in [0.2, 0.25) is 0 Å². The van der Waals surface area contributed by atoms with Crippen LogP contribution in [-0.2, 0) is 11.2 Å². The maximum atomic E-state index is 12.7. The van der Waals surface area contributed by atoms with E-state index in [4.69, 9.17) is 4.74 Å². The topological polar surface area (TPSA) is 55.6 Å². The molecule has 0 atom stereocenters. The number of ether oxygens (including phenoxy) is 1. The van der Waals surface area contributed by atoms with Gasteiger partial charge < -0.3 is 10.1 Å². The smallest absolute Gasteiger partial charge is 0.257 e. The molecule has 1 N–H and O–H groups in total. The van der Waals surface area contributed by atoms with Crippen molar-refractivity contribution in [1.29, 1.82) is 0 Å². The van der Waals surface area contributed by atoms with Crippen molar-refractivity contribution in [3.05, 3.63) is 53.6 Å². The van der Waals surface area contributed by atoms with E-state index in [0.717, 1.165) is 10.7 Å². The van der Waals surface area contributed by atoms with E-state index in [2.05, 4.69) is 10.3 Å². The molecule has 2 heterocycles. The van der Waals surface area contributed by atoms with Gasteiger partial charge in [-0.1, -0.05) is 0 Å². The number of nitrogens with one attached hydrogen (secondary N) is 1. The largest absolute Gasteiger partial charge is 0.484 e. The molecule has 1 aromatic carbocycles. The van der Waals surface area contributed by atoms with Crippen LogP contribution < -0.4 is 10.1 Å². The SMILES string of the molecule is O=C(COc1ccc(F)cc1)NCCc1cn2ccsc2n1. The summed E-state index contributed by atoms with van der Waals surface area (Å²) in [6, 6.07) is 5.55. The van der Waals surface area contributed by atoms with Crippen LogP contribution in [0, 0.1) is 5.82 Å². The summed E-state index contributed by atoms with van der Waals surface area (Å²) in [6.07, 6.45) is 4.56. The predicted octanol–water partition coefficient (Wildman–Crippen LogP) is 2.27. The highest BCUT2D eigenvalue weighted by atomic mass is 32.1. The molecular weight excluding hydrogens is 305 g/mol. The van der Waals surface area contributed by atoms with E-state index in [1.807, 2.05) is 22.2 Å². The van der Waals surface area contributed by atoms with E-state index in [9.17, 15) is 9.18 Å². The molecule has 1 amide bonds. The Kier molecular flexibility index (Phi) is 4.34. The molecule has 0 fully saturated rings. The number of aromatic nitrogens is 2. The van der Waals surface area contributed by atoms with Gasteiger partial charge in [0.25, 0.3) is 5.91 Å². The number of nitrogens with zero attached hydrogens (tertiary/aromatic N) is 2. The Labute approximate surface area is 130 Å². The summed E-state index contributed by atoms with van der Waals surface area (Å²) in [5, 5.41) is 4.74. The molecule has 2 aromatic heterocycles. The Balaban J connectivity index is 1.40. The summed E-state index contributed by atoms with van der Waals surface area (Å²) < 4.78 is 19.9. The molecule has 0 radical (unpaired) electrons. The maximum absolute atomic E-state index is 12.7. The lowest BCUT2D eigenvalue weighted by Crippen LogP contribution is -2.30. The molecule has 5 nitrogen and oxygen atoms in total. The van der Waals surface area contributed by atoms with Gasteiger partial charge in [0.05, 0.1) is 5.69 Å². The Hall–Kier alpha value is -2.41. The van der Waals surface area contributed by atoms with Crippen LogP contribution >= 0.6 is 11.3 Å². The number of imidazole rings is 1. The van der Waals surface area contributed by atoms with Gasteiger partial charge >= 0.3 is 0 Å². The number of carbonyl (C=O) groups excluding carboxylic acids is 1. The fourth-order valence-electron chi connectivity index (χ4n) is 1.96. The zero-order chi connectivity index (χ0) is 15.4. The molecule has 0 saturated carbocycles. The fraction of sp³-hybridized carbons (Fsp3) is 0.200. The van der Waals surface area contributed by atoms with Crippen molar-refractivity contribution < 1.29 is 13.9 Å². The predicted molar refractivity (Wildman–Crippen MR) is 81.7 cm³/mol. The van der Waals surface area contributed by atoms with Crippen molar-refractivity contribution in [1.82, 2.24) is 14.7 Å². The lowest BCUT2D eigenvalue weighted by Gasteiger charge is -2.06. The lowest BCUT2D eigenvalue weighted by atomic mass is 10.3. The average Bonchev–Trinajstić information content (AvgIpc) is 3.08. The Morgan fingerprint density at radius 1 is 1.36 bits per heavy atom. The van der Waals surface area contributed by atoms with Crippen molar-refractivity contribution in [3.63, 3.8) is 0 Å². The van der Waals surface area contributed by atoms with E-state index in [1.54, 1.807) is 11.3 Å². The minimum atomic E-state index is -0.336. The van der Waals surface area contributed by atoms with E-state index >= 15 is 0 Å². The van der Waals surface area contributed by atoms with Gasteiger partial charge in [-0.2, -0.15) is 0 Å². The first-order valence-electron chi connectivity index (χ1n) is 6.77. The molecule has 22 heavy (non-hydrogen) atoms. The standard InChI is InChI=1S/C15H14FN3O2S/c16-11-1-3-13(4-2-11)21-10-14(20)17-6-5-12-9-19-7-8-22-15(19)18-12/h1-4,7-9H,5-6,10H2,(H,17,20). The number of benzene rings is 1. The quantitative estimate of drug-likeness (QED) is 0.758. The summed E-state index contributed by atoms with van der Waals surface area (Å²) in [6.45, 7) is 0.403. The molecule has 0 aliphatic carbocycles. The molecule has 3 rings (SSSR count). The van der Waals surface area contributed by atoms with Crippen molar-refractivity contribution in [2.45, 2.75) is 6.42 Å². The Morgan fingerprint density at radius 3 is 2.95 bits per heavy atom. The highest BCUT2D eigenvalue weighted by molar-refractivity contribution is 7.15. The third kappa shape index (κ3) is 3.62. The summed E-state index contributed by atoms with van der Waals surface area (Å²) in [7, 11) is 0. The zero-order valence-corrected chi connectivity index (χ0v) is 12.5. The number of thiazole rings is 1. The second-order valence-electron chi connectivity index (χ2n) is 4.67. The van der Waals surface area contributed by atoms with Gasteiger partial charge in [0, 0.05) is 30.7 Å². The van der Waals surface area contributed by atoms with E-state index in [1.165, 1.54) is 24.3 Å². The highest BCUT2D eigenvalue weighted by Crippen LogP contribution is 2.12. The van der Waals surface area contributed by atoms with Crippen LogP contribution in [0.25, 0.3) is 4.96 Å². The van der Waals surface area contributed by atoms with Gasteiger partial charge in [-0.25, -0.2) is 9.37 Å². The fourth-order valence-corrected chi connectivity index (χ4v) is 2.68. The molecule has 0 aliphatic rings. The number of rotatable bonds is 6. The average molecular weight is 319 g/mol. The van der Waals surface area contributed by atoms with Crippen molar-refractivity contribution in [3.8, 4) is 5.75 Å². The zero-order valence-electron chi connectivity index (χ0n) is 11.7. The van der Waals surface area contributed by atoms with Crippen LogP contribution in [-0.4, -0.2) is 28.4 Å². The second-order valence-corrected chi connectivity index (χ2v) is 5.54. The van der Waals surface area contributed by atoms with Crippen molar-refractivity contribution >= 4 is 22.2 Å². The van der Waals surface area contributed by atoms with Gasteiger partial charge in [-0.3, -0.25) is 9.20 Å². The van der Waals surface area contributed by atoms with Crippen LogP contribution in [0.4, 0.5) is 4.39 Å². The molecule has 114 valence electrons. The number of hydrogen-bond donors (Lipinski definition) is 1. The minimum Gasteiger partial charge on any atom is -0.484 e. The molecule has 3 aromatic rings. The number of fused-ring (bicyclic) bond motifs is 1. The third-order valence-electron chi connectivity index (χ3n) is 3.03. The monoisotopic (exact) mass is 319 g/mol. The van der Waals surface area contributed by atoms with Gasteiger partial charge in [0.2, 0.25) is 0 Å². The Morgan fingerprint density at radius 2 is 2.18 bits per heavy atom. The Bertz CT molecular complexity index is 738. The van der Waals surface area contributed by atoms with Gasteiger partial charge in [-0.15, -0.1) is 11.3 Å². The van der Waals surface area contributed by atoms with Crippen LogP contribution in [0.1, 0.15) is 5.69 Å². The molecule has 0 aliphatic heterocycles. The summed E-state index contributed by atoms with van der Waals surface area (Å²) in [5.74, 6) is -0.0898. The highest BCUT2D eigenvalue weighted by Gasteiger charge is 2.05. The lowest BCUT2D eigenvalue weighted by molar-refractivity contribution is -0.123. The van der Waals surface area contributed by atoms with Crippen LogP contribution in [0.15, 0.2) is 42.0 Å². The number of halogens is 1. The molecule has 0 spiro atoms. The normalized spacial score (nSPS) is 10.8. The van der Waals surface area contributed by atoms with Gasteiger partial charge in [-0.05, 0) is 24.3 Å². The summed E-state index contributed by atoms with van der Waals surface area (Å²) in [4.78, 5) is 17.0. The number of hydrogen-bond acceptors (Lipinski definition) is 4. The summed E-state index contributed by atoms with van der Waals surface area (Å²) in [5.41, 5.74) is 0.937. The number of amides is 1. The van der Waals surface area contributed by atoms with Gasteiger partial charge in [0.15, 0.2) is 11.6 Å². The van der Waals surface area contributed by atoms with E-state index in [0.29, 0.717) is 18.7 Å². The van der Waals surface area contributed by atoms with Gasteiger partial charge in [0.1, 0.15) is 11.6 Å².